The highest BCUT2D eigenvalue weighted by atomic mass is 16.2. The molecule has 0 unspecified atom stereocenters. The van der Waals surface area contributed by atoms with E-state index in [2.05, 4.69) is 10.6 Å². The standard InChI is InChI=1S/C21H26N2O2/c1-21(2,3)20(25)22-15-9-14-19(24)23-18-13-8-7-12-17(18)16-10-5-4-6-11-16/h4-8,10-13H,9,14-15H2,1-3H3,(H,22,25)(H,23,24). The first-order chi connectivity index (χ1) is 11.9. The molecule has 4 heteroatoms. The fourth-order valence-corrected chi connectivity index (χ4v) is 2.39. The van der Waals surface area contributed by atoms with E-state index in [0.717, 1.165) is 16.8 Å². The molecule has 2 aromatic carbocycles. The van der Waals surface area contributed by atoms with Gasteiger partial charge < -0.3 is 10.6 Å². The molecule has 25 heavy (non-hydrogen) atoms. The number of hydrogen-bond donors (Lipinski definition) is 2. The highest BCUT2D eigenvalue weighted by Gasteiger charge is 2.20. The Kier molecular flexibility index (Phi) is 6.34. The summed E-state index contributed by atoms with van der Waals surface area (Å²) < 4.78 is 0. The van der Waals surface area contributed by atoms with Crippen molar-refractivity contribution >= 4 is 17.5 Å². The van der Waals surface area contributed by atoms with Crippen LogP contribution in [0.4, 0.5) is 5.69 Å². The van der Waals surface area contributed by atoms with Crippen LogP contribution in [0.15, 0.2) is 54.6 Å². The fourth-order valence-electron chi connectivity index (χ4n) is 2.39. The van der Waals surface area contributed by atoms with Crippen LogP contribution in [-0.2, 0) is 9.59 Å². The minimum absolute atomic E-state index is 0.00216. The zero-order chi connectivity index (χ0) is 18.3. The van der Waals surface area contributed by atoms with Crippen molar-refractivity contribution in [3.63, 3.8) is 0 Å². The molecule has 132 valence electrons. The van der Waals surface area contributed by atoms with E-state index >= 15 is 0 Å². The third-order valence-electron chi connectivity index (χ3n) is 3.83. The lowest BCUT2D eigenvalue weighted by atomic mass is 9.96. The molecule has 0 heterocycles. The molecule has 2 amide bonds. The molecule has 0 saturated carbocycles. The molecule has 2 rings (SSSR count). The van der Waals surface area contributed by atoms with E-state index in [0.29, 0.717) is 19.4 Å². The van der Waals surface area contributed by atoms with Gasteiger partial charge >= 0.3 is 0 Å². The number of benzene rings is 2. The first-order valence-corrected chi connectivity index (χ1v) is 8.60. The van der Waals surface area contributed by atoms with Gasteiger partial charge in [-0.1, -0.05) is 69.3 Å². The predicted octanol–water partition coefficient (Wildman–Crippen LogP) is 4.23. The fraction of sp³-hybridized carbons (Fsp3) is 0.333. The van der Waals surface area contributed by atoms with Crippen LogP contribution in [0.3, 0.4) is 0 Å². The molecule has 2 N–H and O–H groups in total. The third-order valence-corrected chi connectivity index (χ3v) is 3.83. The summed E-state index contributed by atoms with van der Waals surface area (Å²) in [5.41, 5.74) is 2.46. The highest BCUT2D eigenvalue weighted by molar-refractivity contribution is 5.95. The number of carbonyl (C=O) groups is 2. The van der Waals surface area contributed by atoms with Crippen molar-refractivity contribution in [1.29, 1.82) is 0 Å². The van der Waals surface area contributed by atoms with Gasteiger partial charge in [-0.05, 0) is 18.1 Å². The van der Waals surface area contributed by atoms with Gasteiger partial charge in [0.2, 0.25) is 11.8 Å². The maximum absolute atomic E-state index is 12.2. The predicted molar refractivity (Wildman–Crippen MR) is 102 cm³/mol. The molecule has 0 aliphatic carbocycles. The van der Waals surface area contributed by atoms with Crippen LogP contribution >= 0.6 is 0 Å². The molecule has 0 atom stereocenters. The Morgan fingerprint density at radius 3 is 2.24 bits per heavy atom. The van der Waals surface area contributed by atoms with Crippen LogP contribution in [0.2, 0.25) is 0 Å². The van der Waals surface area contributed by atoms with Gasteiger partial charge in [-0.3, -0.25) is 9.59 Å². The molecule has 4 nitrogen and oxygen atoms in total. The molecule has 0 saturated heterocycles. The van der Waals surface area contributed by atoms with E-state index in [9.17, 15) is 9.59 Å². The zero-order valence-corrected chi connectivity index (χ0v) is 15.1. The second-order valence-electron chi connectivity index (χ2n) is 7.07. The van der Waals surface area contributed by atoms with Crippen LogP contribution < -0.4 is 10.6 Å². The van der Waals surface area contributed by atoms with E-state index in [-0.39, 0.29) is 11.8 Å². The number of hydrogen-bond acceptors (Lipinski definition) is 2. The average molecular weight is 338 g/mol. The Labute approximate surface area is 149 Å². The van der Waals surface area contributed by atoms with Gasteiger partial charge in [0.05, 0.1) is 0 Å². The van der Waals surface area contributed by atoms with Crippen LogP contribution in [-0.4, -0.2) is 18.4 Å². The van der Waals surface area contributed by atoms with Crippen LogP contribution in [0.25, 0.3) is 11.1 Å². The van der Waals surface area contributed by atoms with Gasteiger partial charge in [0.1, 0.15) is 0 Å². The van der Waals surface area contributed by atoms with Crippen molar-refractivity contribution in [3.8, 4) is 11.1 Å². The van der Waals surface area contributed by atoms with Crippen molar-refractivity contribution in [3.05, 3.63) is 54.6 Å². The summed E-state index contributed by atoms with van der Waals surface area (Å²) in [4.78, 5) is 24.0. The summed E-state index contributed by atoms with van der Waals surface area (Å²) in [6, 6.07) is 17.7. The van der Waals surface area contributed by atoms with E-state index < -0.39 is 5.41 Å². The molecule has 0 spiro atoms. The normalized spacial score (nSPS) is 11.0. The number of amides is 2. The Morgan fingerprint density at radius 1 is 0.920 bits per heavy atom. The molecule has 0 fully saturated rings. The van der Waals surface area contributed by atoms with Crippen LogP contribution in [0, 0.1) is 5.41 Å². The Bertz CT molecular complexity index is 718. The molecule has 0 aromatic heterocycles. The second kappa shape index (κ2) is 8.47. The summed E-state index contributed by atoms with van der Waals surface area (Å²) in [6.45, 7) is 6.12. The lowest BCUT2D eigenvalue weighted by Gasteiger charge is -2.17. The van der Waals surface area contributed by atoms with Gasteiger partial charge in [0.25, 0.3) is 0 Å². The van der Waals surface area contributed by atoms with Gasteiger partial charge in [-0.15, -0.1) is 0 Å². The van der Waals surface area contributed by atoms with Gasteiger partial charge in [0, 0.05) is 29.6 Å². The van der Waals surface area contributed by atoms with Crippen molar-refractivity contribution in [1.82, 2.24) is 5.32 Å². The molecular formula is C21H26N2O2. The van der Waals surface area contributed by atoms with E-state index in [4.69, 9.17) is 0 Å². The van der Waals surface area contributed by atoms with Crippen molar-refractivity contribution < 1.29 is 9.59 Å². The number of rotatable bonds is 6. The summed E-state index contributed by atoms with van der Waals surface area (Å²) in [6.07, 6.45) is 0.981. The van der Waals surface area contributed by atoms with Crippen LogP contribution in [0.1, 0.15) is 33.6 Å². The Hall–Kier alpha value is -2.62. The zero-order valence-electron chi connectivity index (χ0n) is 15.1. The summed E-state index contributed by atoms with van der Waals surface area (Å²) >= 11 is 0. The number of anilines is 1. The van der Waals surface area contributed by atoms with Crippen molar-refractivity contribution in [2.45, 2.75) is 33.6 Å². The quantitative estimate of drug-likeness (QED) is 0.774. The Balaban J connectivity index is 1.89. The molecular weight excluding hydrogens is 312 g/mol. The van der Waals surface area contributed by atoms with E-state index in [1.165, 1.54) is 0 Å². The number of carbonyl (C=O) groups excluding carboxylic acids is 2. The maximum Gasteiger partial charge on any atom is 0.225 e. The lowest BCUT2D eigenvalue weighted by Crippen LogP contribution is -2.35. The summed E-state index contributed by atoms with van der Waals surface area (Å²) in [5, 5.41) is 5.84. The van der Waals surface area contributed by atoms with Crippen LogP contribution in [0.5, 0.6) is 0 Å². The number of para-hydroxylation sites is 1. The maximum atomic E-state index is 12.2. The largest absolute Gasteiger partial charge is 0.356 e. The molecule has 0 radical (unpaired) electrons. The average Bonchev–Trinajstić information content (AvgIpc) is 2.59. The third kappa shape index (κ3) is 5.75. The molecule has 0 aliphatic heterocycles. The van der Waals surface area contributed by atoms with Gasteiger partial charge in [0.15, 0.2) is 0 Å². The number of nitrogens with one attached hydrogen (secondary N) is 2. The second-order valence-corrected chi connectivity index (χ2v) is 7.07. The summed E-state index contributed by atoms with van der Waals surface area (Å²) in [7, 11) is 0. The van der Waals surface area contributed by atoms with Gasteiger partial charge in [-0.25, -0.2) is 0 Å². The minimum Gasteiger partial charge on any atom is -0.356 e. The van der Waals surface area contributed by atoms with Crippen molar-refractivity contribution in [2.24, 2.45) is 5.41 Å². The first-order valence-electron chi connectivity index (χ1n) is 8.60. The minimum atomic E-state index is -0.406. The first kappa shape index (κ1) is 18.7. The monoisotopic (exact) mass is 338 g/mol. The van der Waals surface area contributed by atoms with E-state index in [1.807, 2.05) is 75.4 Å². The lowest BCUT2D eigenvalue weighted by molar-refractivity contribution is -0.128. The molecule has 0 aliphatic rings. The Morgan fingerprint density at radius 2 is 1.56 bits per heavy atom. The van der Waals surface area contributed by atoms with Crippen molar-refractivity contribution in [2.75, 3.05) is 11.9 Å². The smallest absolute Gasteiger partial charge is 0.225 e. The molecule has 0 bridgehead atoms. The molecule has 2 aromatic rings. The topological polar surface area (TPSA) is 58.2 Å². The SMILES string of the molecule is CC(C)(C)C(=O)NCCCC(=O)Nc1ccccc1-c1ccccc1. The summed E-state index contributed by atoms with van der Waals surface area (Å²) in [5.74, 6) is -0.0456. The van der Waals surface area contributed by atoms with E-state index in [1.54, 1.807) is 0 Å². The highest BCUT2D eigenvalue weighted by Crippen LogP contribution is 2.27. The van der Waals surface area contributed by atoms with Gasteiger partial charge in [-0.2, -0.15) is 0 Å².